The molecular weight excluding hydrogens is 300 g/mol. The van der Waals surface area contributed by atoms with Crippen molar-refractivity contribution in [3.05, 3.63) is 71.3 Å². The fourth-order valence-corrected chi connectivity index (χ4v) is 2.59. The lowest BCUT2D eigenvalue weighted by Gasteiger charge is -2.23. The Labute approximate surface area is 144 Å². The van der Waals surface area contributed by atoms with Crippen molar-refractivity contribution in [1.82, 2.24) is 9.80 Å². The van der Waals surface area contributed by atoms with E-state index in [-0.39, 0.29) is 18.6 Å². The van der Waals surface area contributed by atoms with Gasteiger partial charge in [-0.25, -0.2) is 0 Å². The maximum atomic E-state index is 12.5. The predicted molar refractivity (Wildman–Crippen MR) is 96.7 cm³/mol. The van der Waals surface area contributed by atoms with E-state index in [4.69, 9.17) is 0 Å². The highest BCUT2D eigenvalue weighted by molar-refractivity contribution is 5.94. The third kappa shape index (κ3) is 4.91. The number of amides is 1. The molecule has 0 bridgehead atoms. The van der Waals surface area contributed by atoms with Crippen LogP contribution in [0.5, 0.6) is 0 Å². The summed E-state index contributed by atoms with van der Waals surface area (Å²) in [5.74, 6) is -0.0656. The normalized spacial score (nSPS) is 12.2. The van der Waals surface area contributed by atoms with Crippen molar-refractivity contribution < 1.29 is 9.90 Å². The predicted octanol–water partition coefficient (Wildman–Crippen LogP) is 2.77. The average Bonchev–Trinajstić information content (AvgIpc) is 2.60. The van der Waals surface area contributed by atoms with E-state index >= 15 is 0 Å². The highest BCUT2D eigenvalue weighted by Gasteiger charge is 2.17. The van der Waals surface area contributed by atoms with Crippen LogP contribution in [0.25, 0.3) is 0 Å². The summed E-state index contributed by atoms with van der Waals surface area (Å²) in [5.41, 5.74) is 3.02. The number of aliphatic hydroxyl groups excluding tert-OH is 1. The Morgan fingerprint density at radius 3 is 2.29 bits per heavy atom. The Bertz CT molecular complexity index is 658. The minimum absolute atomic E-state index is 0.0399. The molecule has 2 rings (SSSR count). The molecule has 0 fully saturated rings. The molecule has 4 nitrogen and oxygen atoms in total. The molecule has 0 spiro atoms. The van der Waals surface area contributed by atoms with E-state index in [1.165, 1.54) is 5.56 Å². The zero-order chi connectivity index (χ0) is 17.5. The first-order valence-corrected chi connectivity index (χ1v) is 8.20. The largest absolute Gasteiger partial charge is 0.394 e. The summed E-state index contributed by atoms with van der Waals surface area (Å²) < 4.78 is 0. The van der Waals surface area contributed by atoms with Crippen molar-refractivity contribution in [2.24, 2.45) is 0 Å². The van der Waals surface area contributed by atoms with Gasteiger partial charge in [0, 0.05) is 25.7 Å². The maximum Gasteiger partial charge on any atom is 0.253 e. The van der Waals surface area contributed by atoms with Crippen molar-refractivity contribution in [3.63, 3.8) is 0 Å². The Morgan fingerprint density at radius 2 is 1.62 bits per heavy atom. The van der Waals surface area contributed by atoms with E-state index in [1.54, 1.807) is 11.9 Å². The number of rotatable bonds is 7. The van der Waals surface area contributed by atoms with Gasteiger partial charge in [-0.2, -0.15) is 0 Å². The zero-order valence-electron chi connectivity index (χ0n) is 14.6. The number of carbonyl (C=O) groups is 1. The van der Waals surface area contributed by atoms with E-state index in [1.807, 2.05) is 49.4 Å². The van der Waals surface area contributed by atoms with Gasteiger partial charge in [0.2, 0.25) is 0 Å². The summed E-state index contributed by atoms with van der Waals surface area (Å²) in [5, 5.41) is 9.21. The molecule has 1 atom stereocenters. The standard InChI is InChI=1S/C20H26N2O2/c1-16(15-23)22(3)20(24)19-11-7-10-18(12-19)14-21(2)13-17-8-5-4-6-9-17/h4-12,16,23H,13-15H2,1-3H3. The molecule has 0 aromatic heterocycles. The fraction of sp³-hybridized carbons (Fsp3) is 0.350. The Kier molecular flexibility index (Phi) is 6.53. The van der Waals surface area contributed by atoms with E-state index < -0.39 is 0 Å². The summed E-state index contributed by atoms with van der Waals surface area (Å²) in [6, 6.07) is 17.8. The Balaban J connectivity index is 2.03. The Morgan fingerprint density at radius 1 is 1.00 bits per heavy atom. The Hall–Kier alpha value is -2.17. The van der Waals surface area contributed by atoms with Gasteiger partial charge in [0.15, 0.2) is 0 Å². The molecule has 0 saturated carbocycles. The summed E-state index contributed by atoms with van der Waals surface area (Å²) in [6.07, 6.45) is 0. The molecule has 0 aliphatic heterocycles. The molecule has 0 heterocycles. The van der Waals surface area contributed by atoms with Crippen LogP contribution in [0.15, 0.2) is 54.6 Å². The SMILES string of the molecule is CC(CO)N(C)C(=O)c1cccc(CN(C)Cc2ccccc2)c1. The topological polar surface area (TPSA) is 43.8 Å². The summed E-state index contributed by atoms with van der Waals surface area (Å²) in [7, 11) is 3.79. The molecule has 0 aliphatic carbocycles. The minimum Gasteiger partial charge on any atom is -0.394 e. The molecule has 0 aliphatic rings. The molecule has 2 aromatic carbocycles. The van der Waals surface area contributed by atoms with Gasteiger partial charge in [-0.05, 0) is 37.2 Å². The van der Waals surface area contributed by atoms with Gasteiger partial charge in [-0.1, -0.05) is 42.5 Å². The van der Waals surface area contributed by atoms with E-state index in [2.05, 4.69) is 24.1 Å². The number of hydrogen-bond donors (Lipinski definition) is 1. The van der Waals surface area contributed by atoms with Crippen LogP contribution in [0.4, 0.5) is 0 Å². The highest BCUT2D eigenvalue weighted by atomic mass is 16.3. The van der Waals surface area contributed by atoms with Gasteiger partial charge >= 0.3 is 0 Å². The van der Waals surface area contributed by atoms with Crippen molar-refractivity contribution in [2.45, 2.75) is 26.1 Å². The van der Waals surface area contributed by atoms with Crippen LogP contribution >= 0.6 is 0 Å². The zero-order valence-corrected chi connectivity index (χ0v) is 14.6. The van der Waals surface area contributed by atoms with Crippen LogP contribution in [0.1, 0.15) is 28.4 Å². The molecule has 1 N–H and O–H groups in total. The van der Waals surface area contributed by atoms with Crippen molar-refractivity contribution in [2.75, 3.05) is 20.7 Å². The average molecular weight is 326 g/mol. The second kappa shape index (κ2) is 8.62. The summed E-state index contributed by atoms with van der Waals surface area (Å²) in [4.78, 5) is 16.3. The minimum atomic E-state index is -0.193. The number of nitrogens with zero attached hydrogens (tertiary/aromatic N) is 2. The van der Waals surface area contributed by atoms with Crippen LogP contribution in [0.2, 0.25) is 0 Å². The lowest BCUT2D eigenvalue weighted by atomic mass is 10.1. The summed E-state index contributed by atoms with van der Waals surface area (Å²) >= 11 is 0. The summed E-state index contributed by atoms with van der Waals surface area (Å²) in [6.45, 7) is 3.42. The van der Waals surface area contributed by atoms with Crippen LogP contribution < -0.4 is 0 Å². The van der Waals surface area contributed by atoms with Crippen LogP contribution in [-0.4, -0.2) is 47.6 Å². The number of aliphatic hydroxyl groups is 1. The molecule has 24 heavy (non-hydrogen) atoms. The van der Waals surface area contributed by atoms with E-state index in [0.29, 0.717) is 5.56 Å². The van der Waals surface area contributed by atoms with Gasteiger partial charge in [0.05, 0.1) is 12.6 Å². The van der Waals surface area contributed by atoms with Gasteiger partial charge in [0.25, 0.3) is 5.91 Å². The van der Waals surface area contributed by atoms with Gasteiger partial charge in [-0.15, -0.1) is 0 Å². The first-order chi connectivity index (χ1) is 11.5. The van der Waals surface area contributed by atoms with Crippen LogP contribution in [0.3, 0.4) is 0 Å². The third-order valence-electron chi connectivity index (χ3n) is 4.17. The first-order valence-electron chi connectivity index (χ1n) is 8.20. The lowest BCUT2D eigenvalue weighted by Crippen LogP contribution is -2.37. The van der Waals surface area contributed by atoms with E-state index in [0.717, 1.165) is 18.7 Å². The quantitative estimate of drug-likeness (QED) is 0.851. The van der Waals surface area contributed by atoms with Gasteiger partial charge in [-0.3, -0.25) is 9.69 Å². The molecule has 0 saturated heterocycles. The number of likely N-dealkylation sites (N-methyl/N-ethyl adjacent to an activating group) is 1. The molecule has 128 valence electrons. The van der Waals surface area contributed by atoms with Gasteiger partial charge < -0.3 is 10.0 Å². The molecule has 0 radical (unpaired) electrons. The third-order valence-corrected chi connectivity index (χ3v) is 4.17. The smallest absolute Gasteiger partial charge is 0.253 e. The highest BCUT2D eigenvalue weighted by Crippen LogP contribution is 2.13. The second-order valence-corrected chi connectivity index (χ2v) is 6.31. The van der Waals surface area contributed by atoms with Crippen molar-refractivity contribution in [1.29, 1.82) is 0 Å². The molecule has 1 amide bonds. The maximum absolute atomic E-state index is 12.5. The van der Waals surface area contributed by atoms with Crippen molar-refractivity contribution in [3.8, 4) is 0 Å². The second-order valence-electron chi connectivity index (χ2n) is 6.31. The molecule has 1 unspecified atom stereocenters. The lowest BCUT2D eigenvalue weighted by molar-refractivity contribution is 0.0682. The number of benzene rings is 2. The van der Waals surface area contributed by atoms with Crippen molar-refractivity contribution >= 4 is 5.91 Å². The molecular formula is C20H26N2O2. The molecule has 4 heteroatoms. The molecule has 2 aromatic rings. The van der Waals surface area contributed by atoms with Gasteiger partial charge in [0.1, 0.15) is 0 Å². The van der Waals surface area contributed by atoms with E-state index in [9.17, 15) is 9.90 Å². The van der Waals surface area contributed by atoms with Crippen LogP contribution in [0, 0.1) is 0 Å². The van der Waals surface area contributed by atoms with Crippen LogP contribution in [-0.2, 0) is 13.1 Å². The fourth-order valence-electron chi connectivity index (χ4n) is 2.59. The monoisotopic (exact) mass is 326 g/mol. The number of hydrogen-bond acceptors (Lipinski definition) is 3. The first kappa shape index (κ1) is 18.2. The number of carbonyl (C=O) groups excluding carboxylic acids is 1.